The Bertz CT molecular complexity index is 407. The number of aliphatic hydroxyl groups excluding tert-OH is 1. The second-order valence-electron chi connectivity index (χ2n) is 8.07. The fraction of sp³-hybridized carbons (Fsp3) is 0.944. The molecule has 0 radical (unpaired) electrons. The van der Waals surface area contributed by atoms with Gasteiger partial charge >= 0.3 is 6.03 Å². The number of carbonyl (C=O) groups is 1. The van der Waals surface area contributed by atoms with E-state index >= 15 is 0 Å². The summed E-state index contributed by atoms with van der Waals surface area (Å²) in [7, 11) is 0. The van der Waals surface area contributed by atoms with Crippen molar-refractivity contribution in [3.8, 4) is 0 Å². The first-order valence-electron chi connectivity index (χ1n) is 9.54. The van der Waals surface area contributed by atoms with Gasteiger partial charge in [0, 0.05) is 18.6 Å². The van der Waals surface area contributed by atoms with Gasteiger partial charge in [0.15, 0.2) is 0 Å². The van der Waals surface area contributed by atoms with Gasteiger partial charge in [-0.15, -0.1) is 0 Å². The van der Waals surface area contributed by atoms with Gasteiger partial charge in [-0.3, -0.25) is 4.90 Å². The minimum Gasteiger partial charge on any atom is -0.394 e. The van der Waals surface area contributed by atoms with Crippen LogP contribution in [-0.4, -0.2) is 53.4 Å². The zero-order valence-corrected chi connectivity index (χ0v) is 14.5. The molecule has 1 heterocycles. The van der Waals surface area contributed by atoms with Gasteiger partial charge in [0.2, 0.25) is 0 Å². The first kappa shape index (κ1) is 17.0. The third-order valence-electron chi connectivity index (χ3n) is 6.09. The average molecular weight is 323 g/mol. The van der Waals surface area contributed by atoms with E-state index in [-0.39, 0.29) is 18.7 Å². The molecule has 0 aromatic heterocycles. The van der Waals surface area contributed by atoms with Crippen molar-refractivity contribution in [1.29, 1.82) is 0 Å². The van der Waals surface area contributed by atoms with Gasteiger partial charge < -0.3 is 15.7 Å². The van der Waals surface area contributed by atoms with Crippen molar-refractivity contribution in [2.75, 3.05) is 19.7 Å². The van der Waals surface area contributed by atoms with E-state index in [0.717, 1.165) is 31.8 Å². The Hall–Kier alpha value is -0.810. The number of likely N-dealkylation sites (tertiary alicyclic amines) is 1. The van der Waals surface area contributed by atoms with Gasteiger partial charge in [0.05, 0.1) is 12.1 Å². The fourth-order valence-electron chi connectivity index (χ4n) is 4.37. The third kappa shape index (κ3) is 4.38. The van der Waals surface area contributed by atoms with E-state index < -0.39 is 5.54 Å². The number of urea groups is 1. The summed E-state index contributed by atoms with van der Waals surface area (Å²) in [6.45, 7) is 4.14. The van der Waals surface area contributed by atoms with Crippen LogP contribution in [-0.2, 0) is 0 Å². The van der Waals surface area contributed by atoms with Crippen LogP contribution in [0.25, 0.3) is 0 Å². The summed E-state index contributed by atoms with van der Waals surface area (Å²) in [5, 5.41) is 15.8. The first-order chi connectivity index (χ1) is 11.1. The molecular weight excluding hydrogens is 290 g/mol. The molecule has 3 fully saturated rings. The molecule has 0 spiro atoms. The second kappa shape index (κ2) is 7.39. The molecule has 132 valence electrons. The smallest absolute Gasteiger partial charge is 0.315 e. The number of hydrogen-bond acceptors (Lipinski definition) is 3. The molecular formula is C18H33N3O2. The minimum atomic E-state index is -0.457. The van der Waals surface area contributed by atoms with Gasteiger partial charge in [-0.2, -0.15) is 0 Å². The molecule has 2 amide bonds. The second-order valence-corrected chi connectivity index (χ2v) is 8.07. The van der Waals surface area contributed by atoms with Gasteiger partial charge in [0.25, 0.3) is 0 Å². The maximum absolute atomic E-state index is 12.3. The van der Waals surface area contributed by atoms with Crippen molar-refractivity contribution in [1.82, 2.24) is 15.5 Å². The largest absolute Gasteiger partial charge is 0.394 e. The molecule has 2 aliphatic carbocycles. The predicted molar refractivity (Wildman–Crippen MR) is 91.4 cm³/mol. The molecule has 23 heavy (non-hydrogen) atoms. The minimum absolute atomic E-state index is 0.0178. The Morgan fingerprint density at radius 2 is 1.87 bits per heavy atom. The maximum atomic E-state index is 12.3. The Morgan fingerprint density at radius 1 is 1.13 bits per heavy atom. The van der Waals surface area contributed by atoms with Crippen LogP contribution in [0.3, 0.4) is 0 Å². The molecule has 3 aliphatic rings. The molecule has 3 N–H and O–H groups in total. The third-order valence-corrected chi connectivity index (χ3v) is 6.09. The number of nitrogens with zero attached hydrogens (tertiary/aromatic N) is 1. The van der Waals surface area contributed by atoms with Crippen molar-refractivity contribution in [2.24, 2.45) is 5.92 Å². The summed E-state index contributed by atoms with van der Waals surface area (Å²) in [5.41, 5.74) is -0.457. The van der Waals surface area contributed by atoms with Gasteiger partial charge in [-0.25, -0.2) is 4.79 Å². The summed E-state index contributed by atoms with van der Waals surface area (Å²) in [6, 6.07) is 0.863. The van der Waals surface area contributed by atoms with Crippen LogP contribution in [0.1, 0.15) is 64.7 Å². The Kier molecular flexibility index (Phi) is 5.47. The van der Waals surface area contributed by atoms with E-state index in [1.807, 2.05) is 6.92 Å². The molecule has 0 aromatic carbocycles. The molecule has 3 rings (SSSR count). The van der Waals surface area contributed by atoms with E-state index in [4.69, 9.17) is 0 Å². The van der Waals surface area contributed by atoms with E-state index in [1.165, 1.54) is 45.1 Å². The Morgan fingerprint density at radius 3 is 2.52 bits per heavy atom. The molecule has 0 bridgehead atoms. The van der Waals surface area contributed by atoms with Crippen LogP contribution in [0.5, 0.6) is 0 Å². The van der Waals surface area contributed by atoms with E-state index in [1.54, 1.807) is 0 Å². The average Bonchev–Trinajstić information content (AvgIpc) is 3.41. The fourth-order valence-corrected chi connectivity index (χ4v) is 4.37. The zero-order chi connectivity index (χ0) is 16.3. The van der Waals surface area contributed by atoms with Crippen LogP contribution in [0, 0.1) is 5.92 Å². The Balaban J connectivity index is 1.47. The number of piperidine rings is 1. The highest BCUT2D eigenvalue weighted by Crippen LogP contribution is 2.39. The van der Waals surface area contributed by atoms with Gasteiger partial charge in [-0.1, -0.05) is 19.3 Å². The molecule has 5 nitrogen and oxygen atoms in total. The highest BCUT2D eigenvalue weighted by molar-refractivity contribution is 5.75. The zero-order valence-electron chi connectivity index (χ0n) is 14.5. The molecule has 5 heteroatoms. The van der Waals surface area contributed by atoms with E-state index in [0.29, 0.717) is 5.92 Å². The maximum Gasteiger partial charge on any atom is 0.315 e. The number of carbonyl (C=O) groups excluding carboxylic acids is 1. The number of aliphatic hydroxyl groups is 1. The molecule has 2 atom stereocenters. The van der Waals surface area contributed by atoms with Crippen LogP contribution < -0.4 is 10.6 Å². The van der Waals surface area contributed by atoms with Gasteiger partial charge in [-0.05, 0) is 57.9 Å². The monoisotopic (exact) mass is 323 g/mol. The van der Waals surface area contributed by atoms with Crippen molar-refractivity contribution < 1.29 is 9.90 Å². The lowest BCUT2D eigenvalue weighted by molar-refractivity contribution is 0.109. The summed E-state index contributed by atoms with van der Waals surface area (Å²) < 4.78 is 0. The summed E-state index contributed by atoms with van der Waals surface area (Å²) in [6.07, 6.45) is 11.2. The van der Waals surface area contributed by atoms with E-state index in [9.17, 15) is 9.90 Å². The normalized spacial score (nSPS) is 29.7. The number of hydrogen-bond donors (Lipinski definition) is 3. The van der Waals surface area contributed by atoms with Crippen LogP contribution >= 0.6 is 0 Å². The van der Waals surface area contributed by atoms with Crippen LogP contribution in [0.2, 0.25) is 0 Å². The lowest BCUT2D eigenvalue weighted by Crippen LogP contribution is -2.58. The van der Waals surface area contributed by atoms with Crippen molar-refractivity contribution >= 4 is 6.03 Å². The lowest BCUT2D eigenvalue weighted by Gasteiger charge is -2.40. The first-order valence-corrected chi connectivity index (χ1v) is 9.54. The summed E-state index contributed by atoms with van der Waals surface area (Å²) >= 11 is 0. The highest BCUT2D eigenvalue weighted by atomic mass is 16.3. The number of nitrogens with one attached hydrogen (secondary N) is 2. The summed E-state index contributed by atoms with van der Waals surface area (Å²) in [4.78, 5) is 14.9. The molecule has 2 unspecified atom stereocenters. The SMILES string of the molecule is CC(CO)(NC(=O)NC1CCCN(C2CCCCC2)C1)C1CC1. The lowest BCUT2D eigenvalue weighted by atomic mass is 9.92. The number of rotatable bonds is 5. The molecule has 0 aromatic rings. The quantitative estimate of drug-likeness (QED) is 0.727. The van der Waals surface area contributed by atoms with Crippen LogP contribution in [0.15, 0.2) is 0 Å². The topological polar surface area (TPSA) is 64.6 Å². The summed E-state index contributed by atoms with van der Waals surface area (Å²) in [5.74, 6) is 0.434. The van der Waals surface area contributed by atoms with Crippen molar-refractivity contribution in [3.05, 3.63) is 0 Å². The Labute approximate surface area is 140 Å². The standard InChI is InChI=1S/C18H33N3O2/c1-18(13-22,14-9-10-14)20-17(23)19-15-6-5-11-21(12-15)16-7-3-2-4-8-16/h14-16,22H,2-13H2,1H3,(H2,19,20,23). The molecule has 1 saturated heterocycles. The van der Waals surface area contributed by atoms with Gasteiger partial charge in [0.1, 0.15) is 0 Å². The highest BCUT2D eigenvalue weighted by Gasteiger charge is 2.42. The number of amides is 2. The molecule has 2 saturated carbocycles. The van der Waals surface area contributed by atoms with E-state index in [2.05, 4.69) is 15.5 Å². The van der Waals surface area contributed by atoms with Crippen molar-refractivity contribution in [2.45, 2.75) is 82.3 Å². The van der Waals surface area contributed by atoms with Crippen molar-refractivity contribution in [3.63, 3.8) is 0 Å². The van der Waals surface area contributed by atoms with Crippen LogP contribution in [0.4, 0.5) is 4.79 Å². The predicted octanol–water partition coefficient (Wildman–Crippen LogP) is 2.24. The molecule has 1 aliphatic heterocycles.